The van der Waals surface area contributed by atoms with Crippen LogP contribution in [-0.4, -0.2) is 21.4 Å². The zero-order chi connectivity index (χ0) is 20.1. The van der Waals surface area contributed by atoms with E-state index in [9.17, 15) is 9.59 Å². The van der Waals surface area contributed by atoms with E-state index in [1.165, 1.54) is 6.42 Å². The van der Waals surface area contributed by atoms with Crippen LogP contribution in [0.15, 0.2) is 18.2 Å². The molecule has 0 saturated heterocycles. The molecule has 0 fully saturated rings. The number of carbonyl (C=O) groups is 2. The number of Topliss-reactive ketones (excluding diaryl/α,β-unsaturated/α-hetero) is 1. The van der Waals surface area contributed by atoms with E-state index in [-0.39, 0.29) is 24.5 Å². The summed E-state index contributed by atoms with van der Waals surface area (Å²) in [4.78, 5) is 24.0. The summed E-state index contributed by atoms with van der Waals surface area (Å²) < 4.78 is 2.09. The first kappa shape index (κ1) is 21.5. The van der Waals surface area contributed by atoms with E-state index in [1.807, 2.05) is 32.2 Å². The van der Waals surface area contributed by atoms with Gasteiger partial charge in [0.05, 0.1) is 0 Å². The zero-order valence-corrected chi connectivity index (χ0v) is 17.5. The SMILES string of the molecule is CC(C)CCCCc1c(C(=O)CC(C)CC(=O)O)c2cc(Cl)ccc2n1C. The minimum atomic E-state index is -0.870. The Hall–Kier alpha value is -1.81. The molecule has 1 aromatic carbocycles. The number of benzene rings is 1. The summed E-state index contributed by atoms with van der Waals surface area (Å²) in [6.07, 6.45) is 4.40. The molecule has 1 heterocycles. The van der Waals surface area contributed by atoms with Crippen LogP contribution in [0.25, 0.3) is 10.9 Å². The third-order valence-corrected chi connectivity index (χ3v) is 5.30. The van der Waals surface area contributed by atoms with Gasteiger partial charge in [-0.1, -0.05) is 45.2 Å². The van der Waals surface area contributed by atoms with E-state index in [0.717, 1.165) is 41.4 Å². The molecule has 0 radical (unpaired) electrons. The summed E-state index contributed by atoms with van der Waals surface area (Å²) in [7, 11) is 1.99. The van der Waals surface area contributed by atoms with Gasteiger partial charge >= 0.3 is 5.97 Å². The molecule has 0 aliphatic rings. The van der Waals surface area contributed by atoms with Gasteiger partial charge < -0.3 is 9.67 Å². The Bertz CT molecular complexity index is 823. The number of fused-ring (bicyclic) bond motifs is 1. The molecule has 0 saturated carbocycles. The van der Waals surface area contributed by atoms with Gasteiger partial charge in [-0.2, -0.15) is 0 Å². The van der Waals surface area contributed by atoms with Crippen molar-refractivity contribution < 1.29 is 14.7 Å². The molecule has 1 unspecified atom stereocenters. The van der Waals surface area contributed by atoms with Crippen LogP contribution < -0.4 is 0 Å². The van der Waals surface area contributed by atoms with E-state index >= 15 is 0 Å². The molecular weight excluding hydrogens is 362 g/mol. The van der Waals surface area contributed by atoms with Crippen molar-refractivity contribution in [3.05, 3.63) is 34.5 Å². The van der Waals surface area contributed by atoms with E-state index in [1.54, 1.807) is 0 Å². The van der Waals surface area contributed by atoms with Gasteiger partial charge in [0, 0.05) is 47.1 Å². The molecule has 0 amide bonds. The predicted octanol–water partition coefficient (Wildman–Crippen LogP) is 5.88. The van der Waals surface area contributed by atoms with E-state index in [4.69, 9.17) is 16.7 Å². The Kier molecular flexibility index (Phi) is 7.49. The summed E-state index contributed by atoms with van der Waals surface area (Å²) in [5.74, 6) is -0.381. The number of halogens is 1. The molecule has 5 heteroatoms. The fraction of sp³-hybridized carbons (Fsp3) is 0.545. The van der Waals surface area contributed by atoms with Crippen molar-refractivity contribution in [3.63, 3.8) is 0 Å². The molecule has 148 valence electrons. The number of carbonyl (C=O) groups excluding carboxylic acids is 1. The van der Waals surface area contributed by atoms with Crippen LogP contribution in [0.3, 0.4) is 0 Å². The van der Waals surface area contributed by atoms with Crippen LogP contribution in [0.5, 0.6) is 0 Å². The first-order valence-electron chi connectivity index (χ1n) is 9.72. The Labute approximate surface area is 166 Å². The van der Waals surface area contributed by atoms with Crippen molar-refractivity contribution >= 4 is 34.3 Å². The molecule has 2 rings (SSSR count). The molecule has 1 atom stereocenters. The number of rotatable bonds is 10. The largest absolute Gasteiger partial charge is 0.481 e. The van der Waals surface area contributed by atoms with Crippen LogP contribution in [0, 0.1) is 11.8 Å². The molecule has 0 bridgehead atoms. The second kappa shape index (κ2) is 9.41. The Morgan fingerprint density at radius 3 is 2.48 bits per heavy atom. The number of ketones is 1. The van der Waals surface area contributed by atoms with E-state index < -0.39 is 5.97 Å². The molecule has 4 nitrogen and oxygen atoms in total. The lowest BCUT2D eigenvalue weighted by atomic mass is 9.94. The quantitative estimate of drug-likeness (QED) is 0.406. The van der Waals surface area contributed by atoms with Gasteiger partial charge in [-0.15, -0.1) is 0 Å². The second-order valence-corrected chi connectivity index (χ2v) is 8.45. The van der Waals surface area contributed by atoms with Crippen LogP contribution in [0.2, 0.25) is 5.02 Å². The van der Waals surface area contributed by atoms with Crippen LogP contribution in [-0.2, 0) is 18.3 Å². The van der Waals surface area contributed by atoms with Crippen LogP contribution in [0.4, 0.5) is 0 Å². The maximum atomic E-state index is 13.1. The first-order chi connectivity index (χ1) is 12.7. The third kappa shape index (κ3) is 5.58. The zero-order valence-electron chi connectivity index (χ0n) is 16.7. The van der Waals surface area contributed by atoms with Gasteiger partial charge in [-0.05, 0) is 42.9 Å². The lowest BCUT2D eigenvalue weighted by molar-refractivity contribution is -0.137. The normalized spacial score (nSPS) is 12.7. The van der Waals surface area contributed by atoms with Crippen molar-refractivity contribution in [1.29, 1.82) is 0 Å². The second-order valence-electron chi connectivity index (χ2n) is 8.01. The van der Waals surface area contributed by atoms with Crippen LogP contribution in [0.1, 0.15) is 68.9 Å². The summed E-state index contributed by atoms with van der Waals surface area (Å²) in [5.41, 5.74) is 2.74. The predicted molar refractivity (Wildman–Crippen MR) is 111 cm³/mol. The molecule has 0 aliphatic heterocycles. The Morgan fingerprint density at radius 1 is 1.15 bits per heavy atom. The van der Waals surface area contributed by atoms with Gasteiger partial charge in [0.1, 0.15) is 0 Å². The fourth-order valence-electron chi connectivity index (χ4n) is 3.71. The van der Waals surface area contributed by atoms with Crippen molar-refractivity contribution in [3.8, 4) is 0 Å². The molecular formula is C22H30ClNO3. The van der Waals surface area contributed by atoms with Crippen LogP contribution >= 0.6 is 11.6 Å². The highest BCUT2D eigenvalue weighted by molar-refractivity contribution is 6.31. The maximum Gasteiger partial charge on any atom is 0.303 e. The minimum Gasteiger partial charge on any atom is -0.481 e. The molecule has 0 aliphatic carbocycles. The highest BCUT2D eigenvalue weighted by atomic mass is 35.5. The molecule has 1 aromatic heterocycles. The first-order valence-corrected chi connectivity index (χ1v) is 10.1. The number of aromatic nitrogens is 1. The van der Waals surface area contributed by atoms with E-state index in [0.29, 0.717) is 10.9 Å². The average molecular weight is 392 g/mol. The smallest absolute Gasteiger partial charge is 0.303 e. The molecule has 2 aromatic rings. The van der Waals surface area contributed by atoms with Gasteiger partial charge in [0.25, 0.3) is 0 Å². The van der Waals surface area contributed by atoms with Crippen molar-refractivity contribution in [2.45, 2.75) is 59.3 Å². The fourth-order valence-corrected chi connectivity index (χ4v) is 3.88. The topological polar surface area (TPSA) is 59.3 Å². The summed E-state index contributed by atoms with van der Waals surface area (Å²) in [5, 5.41) is 10.5. The number of aliphatic carboxylic acids is 1. The number of carboxylic acids is 1. The van der Waals surface area contributed by atoms with Gasteiger partial charge in [-0.3, -0.25) is 9.59 Å². The van der Waals surface area contributed by atoms with Crippen molar-refractivity contribution in [2.75, 3.05) is 0 Å². The Morgan fingerprint density at radius 2 is 1.85 bits per heavy atom. The standard InChI is InChI=1S/C22H30ClNO3/c1-14(2)7-5-6-8-19-22(20(25)11-15(3)12-21(26)27)17-13-16(23)9-10-18(17)24(19)4/h9-10,13-15H,5-8,11-12H2,1-4H3,(H,26,27). The lowest BCUT2D eigenvalue weighted by Gasteiger charge is -2.11. The van der Waals surface area contributed by atoms with E-state index in [2.05, 4.69) is 18.4 Å². The highest BCUT2D eigenvalue weighted by Crippen LogP contribution is 2.31. The number of hydrogen-bond acceptors (Lipinski definition) is 2. The number of aryl methyl sites for hydroxylation is 1. The molecule has 27 heavy (non-hydrogen) atoms. The maximum absolute atomic E-state index is 13.1. The molecule has 0 spiro atoms. The number of carboxylic acid groups (broad SMARTS) is 1. The monoisotopic (exact) mass is 391 g/mol. The third-order valence-electron chi connectivity index (χ3n) is 5.06. The summed E-state index contributed by atoms with van der Waals surface area (Å²) in [6.45, 7) is 6.25. The van der Waals surface area contributed by atoms with Crippen molar-refractivity contribution in [1.82, 2.24) is 4.57 Å². The number of unbranched alkanes of at least 4 members (excludes halogenated alkanes) is 1. The Balaban J connectivity index is 2.35. The van der Waals surface area contributed by atoms with Gasteiger partial charge in [0.15, 0.2) is 5.78 Å². The van der Waals surface area contributed by atoms with Crippen molar-refractivity contribution in [2.24, 2.45) is 18.9 Å². The molecule has 1 N–H and O–H groups in total. The van der Waals surface area contributed by atoms with Gasteiger partial charge in [-0.25, -0.2) is 0 Å². The highest BCUT2D eigenvalue weighted by Gasteiger charge is 2.23. The number of nitrogens with zero attached hydrogens (tertiary/aromatic N) is 1. The summed E-state index contributed by atoms with van der Waals surface area (Å²) in [6, 6.07) is 5.64. The number of hydrogen-bond donors (Lipinski definition) is 1. The lowest BCUT2D eigenvalue weighted by Crippen LogP contribution is -2.12. The minimum absolute atomic E-state index is 0.000976. The summed E-state index contributed by atoms with van der Waals surface area (Å²) >= 11 is 6.19. The van der Waals surface area contributed by atoms with Gasteiger partial charge in [0.2, 0.25) is 0 Å². The average Bonchev–Trinajstić information content (AvgIpc) is 2.82.